The molecule has 0 heterocycles. The predicted octanol–water partition coefficient (Wildman–Crippen LogP) is 2.37. The van der Waals surface area contributed by atoms with Crippen LogP contribution in [0.3, 0.4) is 0 Å². The Morgan fingerprint density at radius 2 is 2.17 bits per heavy atom. The summed E-state index contributed by atoms with van der Waals surface area (Å²) in [5, 5.41) is 0. The Balaban J connectivity index is 2.92. The van der Waals surface area contributed by atoms with E-state index in [9.17, 15) is 4.79 Å². The number of benzene rings is 1. The molecular weight excluding hydrogens is 230 g/mol. The number of hydrogen-bond donors (Lipinski definition) is 1. The van der Waals surface area contributed by atoms with Crippen molar-refractivity contribution < 1.29 is 14.3 Å². The third kappa shape index (κ3) is 4.13. The summed E-state index contributed by atoms with van der Waals surface area (Å²) in [7, 11) is 1.58. The first-order chi connectivity index (χ1) is 8.56. The van der Waals surface area contributed by atoms with E-state index in [0.717, 1.165) is 12.0 Å². The highest BCUT2D eigenvalue weighted by atomic mass is 16.5. The summed E-state index contributed by atoms with van der Waals surface area (Å²) in [4.78, 5) is 10.7. The monoisotopic (exact) mass is 249 g/mol. The number of methoxy groups -OCH3 is 1. The summed E-state index contributed by atoms with van der Waals surface area (Å²) in [6, 6.07) is 5.47. The number of primary amides is 1. The number of carbonyl (C=O) groups excluding carboxylic acids is 1. The zero-order valence-electron chi connectivity index (χ0n) is 11.0. The largest absolute Gasteiger partial charge is 0.493 e. The Labute approximate surface area is 107 Å². The van der Waals surface area contributed by atoms with E-state index in [1.807, 2.05) is 19.1 Å². The van der Waals surface area contributed by atoms with Crippen LogP contribution in [0.4, 0.5) is 0 Å². The van der Waals surface area contributed by atoms with Crippen molar-refractivity contribution in [3.05, 3.63) is 29.8 Å². The van der Waals surface area contributed by atoms with Crippen LogP contribution in [-0.2, 0) is 4.79 Å². The fraction of sp³-hybridized carbons (Fsp3) is 0.357. The average molecular weight is 249 g/mol. The van der Waals surface area contributed by atoms with Gasteiger partial charge >= 0.3 is 0 Å². The second-order valence-corrected chi connectivity index (χ2v) is 3.98. The normalized spacial score (nSPS) is 12.4. The zero-order valence-corrected chi connectivity index (χ0v) is 11.0. The molecule has 0 aliphatic rings. The van der Waals surface area contributed by atoms with Gasteiger partial charge in [0.05, 0.1) is 13.2 Å². The maximum absolute atomic E-state index is 10.7. The molecule has 0 saturated heterocycles. The smallest absolute Gasteiger partial charge is 0.241 e. The quantitative estimate of drug-likeness (QED) is 0.787. The molecule has 4 nitrogen and oxygen atoms in total. The van der Waals surface area contributed by atoms with E-state index >= 15 is 0 Å². The van der Waals surface area contributed by atoms with Crippen LogP contribution in [0.5, 0.6) is 11.5 Å². The maximum atomic E-state index is 10.7. The highest BCUT2D eigenvalue weighted by Crippen LogP contribution is 2.29. The number of rotatable bonds is 6. The van der Waals surface area contributed by atoms with Crippen LogP contribution in [0, 0.1) is 0 Å². The van der Waals surface area contributed by atoms with Gasteiger partial charge in [0.1, 0.15) is 0 Å². The second-order valence-electron chi connectivity index (χ2n) is 3.98. The summed E-state index contributed by atoms with van der Waals surface area (Å²) in [5.74, 6) is 0.860. The van der Waals surface area contributed by atoms with E-state index in [4.69, 9.17) is 15.2 Å². The summed E-state index contributed by atoms with van der Waals surface area (Å²) < 4.78 is 11.0. The van der Waals surface area contributed by atoms with Gasteiger partial charge in [-0.2, -0.15) is 0 Å². The third-order valence-electron chi connectivity index (χ3n) is 2.53. The second kappa shape index (κ2) is 6.69. The lowest BCUT2D eigenvalue weighted by Gasteiger charge is -2.15. The lowest BCUT2D eigenvalue weighted by Crippen LogP contribution is -2.10. The standard InChI is InChI=1S/C14H19NO3/c1-4-10(2)18-12-7-5-11(6-8-14(15)16)9-13(12)17-3/h5-10H,4H2,1-3H3,(H2,15,16)/b8-6-/t10-/m0/s1. The molecule has 0 unspecified atom stereocenters. The van der Waals surface area contributed by atoms with Crippen molar-refractivity contribution >= 4 is 12.0 Å². The van der Waals surface area contributed by atoms with E-state index in [0.29, 0.717) is 11.5 Å². The van der Waals surface area contributed by atoms with Gasteiger partial charge in [-0.1, -0.05) is 13.0 Å². The first-order valence-electron chi connectivity index (χ1n) is 5.89. The molecule has 1 rings (SSSR count). The van der Waals surface area contributed by atoms with Crippen molar-refractivity contribution in [2.75, 3.05) is 7.11 Å². The highest BCUT2D eigenvalue weighted by Gasteiger charge is 2.08. The number of hydrogen-bond acceptors (Lipinski definition) is 3. The van der Waals surface area contributed by atoms with E-state index in [-0.39, 0.29) is 6.10 Å². The van der Waals surface area contributed by atoms with E-state index in [1.54, 1.807) is 19.3 Å². The first kappa shape index (κ1) is 14.1. The molecule has 1 atom stereocenters. The minimum Gasteiger partial charge on any atom is -0.493 e. The number of carbonyl (C=O) groups is 1. The molecule has 1 aromatic carbocycles. The Morgan fingerprint density at radius 1 is 1.44 bits per heavy atom. The van der Waals surface area contributed by atoms with Gasteiger partial charge in [0.2, 0.25) is 5.91 Å². The number of amides is 1. The van der Waals surface area contributed by atoms with Crippen LogP contribution in [-0.4, -0.2) is 19.1 Å². The summed E-state index contributed by atoms with van der Waals surface area (Å²) in [6.45, 7) is 4.06. The van der Waals surface area contributed by atoms with Crippen LogP contribution in [0.25, 0.3) is 6.08 Å². The lowest BCUT2D eigenvalue weighted by atomic mass is 10.2. The first-order valence-corrected chi connectivity index (χ1v) is 5.89. The molecule has 0 aliphatic carbocycles. The van der Waals surface area contributed by atoms with Gasteiger partial charge in [-0.05, 0) is 37.1 Å². The van der Waals surface area contributed by atoms with Crippen LogP contribution in [0.15, 0.2) is 24.3 Å². The van der Waals surface area contributed by atoms with Crippen molar-refractivity contribution in [2.45, 2.75) is 26.4 Å². The van der Waals surface area contributed by atoms with Gasteiger partial charge in [0.25, 0.3) is 0 Å². The van der Waals surface area contributed by atoms with Gasteiger partial charge in [-0.3, -0.25) is 4.79 Å². The Morgan fingerprint density at radius 3 is 2.72 bits per heavy atom. The molecule has 0 aromatic heterocycles. The molecule has 0 bridgehead atoms. The molecule has 4 heteroatoms. The molecule has 18 heavy (non-hydrogen) atoms. The zero-order chi connectivity index (χ0) is 13.5. The van der Waals surface area contributed by atoms with Crippen LogP contribution < -0.4 is 15.2 Å². The van der Waals surface area contributed by atoms with Crippen molar-refractivity contribution in [3.8, 4) is 11.5 Å². The molecule has 0 spiro atoms. The Bertz CT molecular complexity index is 441. The molecule has 2 N–H and O–H groups in total. The molecule has 98 valence electrons. The Kier molecular flexibility index (Phi) is 5.24. The number of ether oxygens (including phenoxy) is 2. The maximum Gasteiger partial charge on any atom is 0.241 e. The third-order valence-corrected chi connectivity index (χ3v) is 2.53. The van der Waals surface area contributed by atoms with Gasteiger partial charge in [-0.15, -0.1) is 0 Å². The molecular formula is C14H19NO3. The van der Waals surface area contributed by atoms with Crippen LogP contribution in [0.1, 0.15) is 25.8 Å². The van der Waals surface area contributed by atoms with Gasteiger partial charge in [0, 0.05) is 6.08 Å². The van der Waals surface area contributed by atoms with Crippen LogP contribution >= 0.6 is 0 Å². The predicted molar refractivity (Wildman–Crippen MR) is 71.6 cm³/mol. The minimum atomic E-state index is -0.478. The van der Waals surface area contributed by atoms with Crippen molar-refractivity contribution in [1.29, 1.82) is 0 Å². The van der Waals surface area contributed by atoms with Crippen LogP contribution in [0.2, 0.25) is 0 Å². The summed E-state index contributed by atoms with van der Waals surface area (Å²) >= 11 is 0. The molecule has 0 aliphatic heterocycles. The van der Waals surface area contributed by atoms with Crippen molar-refractivity contribution in [3.63, 3.8) is 0 Å². The SMILES string of the molecule is CC[C@H](C)Oc1ccc(/C=C\C(N)=O)cc1OC. The molecule has 1 aromatic rings. The van der Waals surface area contributed by atoms with Gasteiger partial charge in [-0.25, -0.2) is 0 Å². The highest BCUT2D eigenvalue weighted by molar-refractivity contribution is 5.90. The minimum absolute atomic E-state index is 0.130. The molecule has 0 radical (unpaired) electrons. The summed E-state index contributed by atoms with van der Waals surface area (Å²) in [5.41, 5.74) is 5.88. The van der Waals surface area contributed by atoms with Gasteiger partial charge < -0.3 is 15.2 Å². The van der Waals surface area contributed by atoms with E-state index < -0.39 is 5.91 Å². The average Bonchev–Trinajstić information content (AvgIpc) is 2.37. The fourth-order valence-corrected chi connectivity index (χ4v) is 1.36. The van der Waals surface area contributed by atoms with E-state index in [2.05, 4.69) is 6.92 Å². The lowest BCUT2D eigenvalue weighted by molar-refractivity contribution is -0.113. The van der Waals surface area contributed by atoms with Gasteiger partial charge in [0.15, 0.2) is 11.5 Å². The summed E-state index contributed by atoms with van der Waals surface area (Å²) in [6.07, 6.45) is 4.00. The molecule has 0 saturated carbocycles. The fourth-order valence-electron chi connectivity index (χ4n) is 1.36. The van der Waals surface area contributed by atoms with Crippen molar-refractivity contribution in [2.24, 2.45) is 5.73 Å². The topological polar surface area (TPSA) is 61.5 Å². The molecule has 1 amide bonds. The Hall–Kier alpha value is -1.97. The molecule has 0 fully saturated rings. The van der Waals surface area contributed by atoms with E-state index in [1.165, 1.54) is 6.08 Å². The van der Waals surface area contributed by atoms with Crippen molar-refractivity contribution in [1.82, 2.24) is 0 Å². The number of nitrogens with two attached hydrogens (primary N) is 1.